The topological polar surface area (TPSA) is 39.2 Å². The van der Waals surface area contributed by atoms with Crippen molar-refractivity contribution in [2.75, 3.05) is 0 Å². The van der Waals surface area contributed by atoms with Gasteiger partial charge in [-0.15, -0.1) is 0 Å². The van der Waals surface area contributed by atoms with E-state index in [1.807, 2.05) is 63.2 Å². The molecular formula is C18H17NO2. The molecule has 0 aliphatic carbocycles. The van der Waals surface area contributed by atoms with E-state index in [0.717, 1.165) is 21.7 Å². The molecule has 3 rings (SSSR count). The molecule has 1 aromatic heterocycles. The maximum Gasteiger partial charge on any atom is 0.316 e. The Bertz CT molecular complexity index is 831. The molecule has 0 atom stereocenters. The lowest BCUT2D eigenvalue weighted by Gasteiger charge is -2.17. The quantitative estimate of drug-likeness (QED) is 0.378. The van der Waals surface area contributed by atoms with Crippen LogP contribution < -0.4 is 4.74 Å². The highest BCUT2D eigenvalue weighted by atomic mass is 16.5. The van der Waals surface area contributed by atoms with Crippen LogP contribution >= 0.6 is 0 Å². The van der Waals surface area contributed by atoms with Gasteiger partial charge in [0.15, 0.2) is 0 Å². The van der Waals surface area contributed by atoms with Crippen molar-refractivity contribution < 1.29 is 9.53 Å². The van der Waals surface area contributed by atoms with Gasteiger partial charge in [0.1, 0.15) is 5.75 Å². The number of aromatic nitrogens is 1. The van der Waals surface area contributed by atoms with Crippen LogP contribution in [-0.4, -0.2) is 11.0 Å². The molecule has 0 aliphatic heterocycles. The Morgan fingerprint density at radius 3 is 2.48 bits per heavy atom. The van der Waals surface area contributed by atoms with E-state index in [4.69, 9.17) is 4.74 Å². The van der Waals surface area contributed by atoms with Crippen molar-refractivity contribution in [1.82, 2.24) is 4.98 Å². The normalized spacial score (nSPS) is 11.8. The third-order valence-corrected chi connectivity index (χ3v) is 3.39. The fourth-order valence-electron chi connectivity index (χ4n) is 2.22. The third kappa shape index (κ3) is 2.47. The summed E-state index contributed by atoms with van der Waals surface area (Å²) in [7, 11) is 0. The van der Waals surface area contributed by atoms with Crippen molar-refractivity contribution in [2.45, 2.75) is 20.8 Å². The fraction of sp³-hybridized carbons (Fsp3) is 0.222. The first kappa shape index (κ1) is 13.6. The van der Waals surface area contributed by atoms with Crippen molar-refractivity contribution in [1.29, 1.82) is 0 Å². The first-order valence-electron chi connectivity index (χ1n) is 6.95. The second-order valence-corrected chi connectivity index (χ2v) is 6.13. The molecule has 2 aromatic carbocycles. The number of ether oxygens (including phenoxy) is 1. The van der Waals surface area contributed by atoms with Gasteiger partial charge in [-0.1, -0.05) is 30.3 Å². The molecule has 0 bridgehead atoms. The Hall–Kier alpha value is -2.42. The standard InChI is InChI=1S/C18H17NO2/c1-18(2,3)17(20)21-14-8-4-6-12-9-10-13-7-5-11-19-16(13)15(12)14/h4-11H,1-3H3. The zero-order chi connectivity index (χ0) is 15.0. The SMILES string of the molecule is CC(C)(C)C(=O)Oc1cccc2ccc3cccnc3c12. The summed E-state index contributed by atoms with van der Waals surface area (Å²) in [5.41, 5.74) is 0.312. The van der Waals surface area contributed by atoms with Gasteiger partial charge in [0.25, 0.3) is 0 Å². The van der Waals surface area contributed by atoms with Gasteiger partial charge < -0.3 is 4.74 Å². The lowest BCUT2D eigenvalue weighted by Crippen LogP contribution is -2.25. The van der Waals surface area contributed by atoms with Gasteiger partial charge in [-0.2, -0.15) is 0 Å². The summed E-state index contributed by atoms with van der Waals surface area (Å²) in [6, 6.07) is 13.7. The monoisotopic (exact) mass is 279 g/mol. The Morgan fingerprint density at radius 2 is 1.71 bits per heavy atom. The summed E-state index contributed by atoms with van der Waals surface area (Å²) in [6.07, 6.45) is 1.75. The summed E-state index contributed by atoms with van der Waals surface area (Å²) in [5.74, 6) is 0.319. The van der Waals surface area contributed by atoms with Crippen LogP contribution in [0.4, 0.5) is 0 Å². The average molecular weight is 279 g/mol. The predicted octanol–water partition coefficient (Wildman–Crippen LogP) is 4.34. The number of hydrogen-bond acceptors (Lipinski definition) is 3. The maximum atomic E-state index is 12.2. The molecular weight excluding hydrogens is 262 g/mol. The molecule has 0 spiro atoms. The first-order chi connectivity index (χ1) is 9.97. The van der Waals surface area contributed by atoms with Gasteiger partial charge >= 0.3 is 5.97 Å². The van der Waals surface area contributed by atoms with E-state index in [0.29, 0.717) is 5.75 Å². The lowest BCUT2D eigenvalue weighted by molar-refractivity contribution is -0.142. The second-order valence-electron chi connectivity index (χ2n) is 6.13. The molecule has 0 saturated heterocycles. The molecule has 1 heterocycles. The number of carbonyl (C=O) groups is 1. The molecule has 0 unspecified atom stereocenters. The number of esters is 1. The first-order valence-corrected chi connectivity index (χ1v) is 6.95. The molecule has 0 aliphatic rings. The summed E-state index contributed by atoms with van der Waals surface area (Å²) < 4.78 is 5.62. The van der Waals surface area contributed by atoms with E-state index >= 15 is 0 Å². The summed E-state index contributed by atoms with van der Waals surface area (Å²) in [5, 5.41) is 2.93. The highest BCUT2D eigenvalue weighted by Crippen LogP contribution is 2.32. The minimum atomic E-state index is -0.541. The van der Waals surface area contributed by atoms with Gasteiger partial charge in [0, 0.05) is 11.6 Å². The number of rotatable bonds is 1. The number of carbonyl (C=O) groups excluding carboxylic acids is 1. The smallest absolute Gasteiger partial charge is 0.316 e. The predicted molar refractivity (Wildman–Crippen MR) is 84.3 cm³/mol. The van der Waals surface area contributed by atoms with E-state index in [-0.39, 0.29) is 5.97 Å². The number of benzene rings is 2. The van der Waals surface area contributed by atoms with Crippen LogP contribution in [0.25, 0.3) is 21.7 Å². The van der Waals surface area contributed by atoms with Crippen LogP contribution in [0.2, 0.25) is 0 Å². The average Bonchev–Trinajstić information content (AvgIpc) is 2.46. The molecule has 3 heteroatoms. The summed E-state index contributed by atoms with van der Waals surface area (Å²) >= 11 is 0. The maximum absolute atomic E-state index is 12.2. The minimum absolute atomic E-state index is 0.247. The van der Waals surface area contributed by atoms with Gasteiger partial charge in [-0.3, -0.25) is 9.78 Å². The number of nitrogens with zero attached hydrogens (tertiary/aromatic N) is 1. The molecule has 0 N–H and O–H groups in total. The number of hydrogen-bond donors (Lipinski definition) is 0. The van der Waals surface area contributed by atoms with E-state index in [9.17, 15) is 4.79 Å². The van der Waals surface area contributed by atoms with Crippen LogP contribution in [-0.2, 0) is 4.79 Å². The summed E-state index contributed by atoms with van der Waals surface area (Å²) in [6.45, 7) is 5.53. The molecule has 0 saturated carbocycles. The van der Waals surface area contributed by atoms with Crippen molar-refractivity contribution >= 4 is 27.6 Å². The van der Waals surface area contributed by atoms with Crippen LogP contribution in [0.5, 0.6) is 5.75 Å². The lowest BCUT2D eigenvalue weighted by atomic mass is 9.97. The van der Waals surface area contributed by atoms with Crippen molar-refractivity contribution in [3.8, 4) is 5.75 Å². The Kier molecular flexibility index (Phi) is 3.13. The van der Waals surface area contributed by atoms with Gasteiger partial charge in [0.05, 0.1) is 16.3 Å². The van der Waals surface area contributed by atoms with E-state index < -0.39 is 5.41 Å². The van der Waals surface area contributed by atoms with E-state index in [2.05, 4.69) is 4.98 Å². The highest BCUT2D eigenvalue weighted by Gasteiger charge is 2.24. The largest absolute Gasteiger partial charge is 0.425 e. The summed E-state index contributed by atoms with van der Waals surface area (Å²) in [4.78, 5) is 16.6. The van der Waals surface area contributed by atoms with Crippen LogP contribution in [0.15, 0.2) is 48.7 Å². The minimum Gasteiger partial charge on any atom is -0.425 e. The van der Waals surface area contributed by atoms with Crippen LogP contribution in [0.3, 0.4) is 0 Å². The molecule has 0 fully saturated rings. The fourth-order valence-corrected chi connectivity index (χ4v) is 2.22. The zero-order valence-electron chi connectivity index (χ0n) is 12.4. The molecule has 3 nitrogen and oxygen atoms in total. The van der Waals surface area contributed by atoms with Crippen LogP contribution in [0, 0.1) is 5.41 Å². The zero-order valence-corrected chi connectivity index (χ0v) is 12.4. The van der Waals surface area contributed by atoms with E-state index in [1.165, 1.54) is 0 Å². The second kappa shape index (κ2) is 4.85. The Labute approximate surface area is 123 Å². The molecule has 0 amide bonds. The molecule has 106 valence electrons. The van der Waals surface area contributed by atoms with Crippen LogP contribution in [0.1, 0.15) is 20.8 Å². The van der Waals surface area contributed by atoms with Crippen molar-refractivity contribution in [3.63, 3.8) is 0 Å². The van der Waals surface area contributed by atoms with Gasteiger partial charge in [-0.05, 0) is 38.3 Å². The molecule has 0 radical (unpaired) electrons. The number of pyridine rings is 1. The number of fused-ring (bicyclic) bond motifs is 3. The molecule has 3 aromatic rings. The Morgan fingerprint density at radius 1 is 1.00 bits per heavy atom. The molecule has 21 heavy (non-hydrogen) atoms. The van der Waals surface area contributed by atoms with Gasteiger partial charge in [0.2, 0.25) is 0 Å². The van der Waals surface area contributed by atoms with Gasteiger partial charge in [-0.25, -0.2) is 0 Å². The Balaban J connectivity index is 2.23. The third-order valence-electron chi connectivity index (χ3n) is 3.39. The van der Waals surface area contributed by atoms with Crippen molar-refractivity contribution in [3.05, 3.63) is 48.7 Å². The van der Waals surface area contributed by atoms with E-state index in [1.54, 1.807) is 6.20 Å². The highest BCUT2D eigenvalue weighted by molar-refractivity contribution is 6.09. The van der Waals surface area contributed by atoms with Crippen molar-refractivity contribution in [2.24, 2.45) is 5.41 Å².